The summed E-state index contributed by atoms with van der Waals surface area (Å²) in [5, 5.41) is 3.46. The molecule has 0 spiro atoms. The van der Waals surface area contributed by atoms with Crippen LogP contribution in [-0.4, -0.2) is 56.5 Å². The molecule has 0 saturated carbocycles. The molecule has 6 nitrogen and oxygen atoms in total. The van der Waals surface area contributed by atoms with E-state index in [2.05, 4.69) is 5.32 Å². The number of nitrogens with one attached hydrogen (secondary N) is 1. The summed E-state index contributed by atoms with van der Waals surface area (Å²) in [5.41, 5.74) is 0.577. The van der Waals surface area contributed by atoms with Crippen LogP contribution < -0.4 is 14.8 Å². The highest BCUT2D eigenvalue weighted by atomic mass is 16.6. The van der Waals surface area contributed by atoms with Crippen molar-refractivity contribution < 1.29 is 19.0 Å². The van der Waals surface area contributed by atoms with Crippen molar-refractivity contribution in [3.8, 4) is 11.5 Å². The molecule has 134 valence electrons. The zero-order valence-corrected chi connectivity index (χ0v) is 15.2. The number of amides is 1. The molecule has 1 aliphatic rings. The van der Waals surface area contributed by atoms with Crippen molar-refractivity contribution in [1.29, 1.82) is 0 Å². The molecule has 1 N–H and O–H groups in total. The van der Waals surface area contributed by atoms with Gasteiger partial charge in [-0.05, 0) is 51.0 Å². The summed E-state index contributed by atoms with van der Waals surface area (Å²) >= 11 is 0. The molecule has 0 unspecified atom stereocenters. The zero-order valence-electron chi connectivity index (χ0n) is 15.2. The van der Waals surface area contributed by atoms with Crippen LogP contribution in [-0.2, 0) is 11.2 Å². The number of piperazine rings is 1. The van der Waals surface area contributed by atoms with E-state index in [-0.39, 0.29) is 12.1 Å². The number of rotatable bonds is 4. The second kappa shape index (κ2) is 7.75. The van der Waals surface area contributed by atoms with Crippen molar-refractivity contribution in [3.05, 3.63) is 23.8 Å². The SMILES string of the molecule is COc1ccc(OC)c(C[C@H]2CN(C(=O)OC(C)(C)C)CCN2)c1. The second-order valence-electron chi connectivity index (χ2n) is 6.96. The number of hydrogen-bond donors (Lipinski definition) is 1. The number of methoxy groups -OCH3 is 2. The van der Waals surface area contributed by atoms with Gasteiger partial charge in [-0.3, -0.25) is 0 Å². The number of hydrogen-bond acceptors (Lipinski definition) is 5. The van der Waals surface area contributed by atoms with Crippen LogP contribution in [0, 0.1) is 0 Å². The Bertz CT molecular complexity index is 569. The van der Waals surface area contributed by atoms with E-state index < -0.39 is 5.60 Å². The monoisotopic (exact) mass is 336 g/mol. The van der Waals surface area contributed by atoms with Crippen LogP contribution in [0.1, 0.15) is 26.3 Å². The summed E-state index contributed by atoms with van der Waals surface area (Å²) in [7, 11) is 3.31. The molecule has 2 rings (SSSR count). The van der Waals surface area contributed by atoms with E-state index in [0.29, 0.717) is 13.1 Å². The first-order valence-corrected chi connectivity index (χ1v) is 8.24. The first-order valence-electron chi connectivity index (χ1n) is 8.24. The van der Waals surface area contributed by atoms with Gasteiger partial charge in [-0.15, -0.1) is 0 Å². The van der Waals surface area contributed by atoms with Crippen LogP contribution in [0.4, 0.5) is 4.79 Å². The van der Waals surface area contributed by atoms with Crippen LogP contribution in [0.25, 0.3) is 0 Å². The van der Waals surface area contributed by atoms with Gasteiger partial charge in [0.2, 0.25) is 0 Å². The van der Waals surface area contributed by atoms with Crippen LogP contribution in [0.5, 0.6) is 11.5 Å². The van der Waals surface area contributed by atoms with E-state index in [4.69, 9.17) is 14.2 Å². The first-order chi connectivity index (χ1) is 11.3. The maximum absolute atomic E-state index is 12.3. The van der Waals surface area contributed by atoms with Crippen molar-refractivity contribution in [3.63, 3.8) is 0 Å². The minimum Gasteiger partial charge on any atom is -0.497 e. The fourth-order valence-electron chi connectivity index (χ4n) is 2.76. The number of carbonyl (C=O) groups excluding carboxylic acids is 1. The molecular formula is C18H28N2O4. The van der Waals surface area contributed by atoms with Gasteiger partial charge in [-0.25, -0.2) is 4.79 Å². The Morgan fingerprint density at radius 1 is 1.29 bits per heavy atom. The van der Waals surface area contributed by atoms with Gasteiger partial charge in [-0.2, -0.15) is 0 Å². The summed E-state index contributed by atoms with van der Waals surface area (Å²) in [6.07, 6.45) is 0.492. The first kappa shape index (κ1) is 18.4. The summed E-state index contributed by atoms with van der Waals surface area (Å²) in [6.45, 7) is 7.65. The van der Waals surface area contributed by atoms with Gasteiger partial charge in [-0.1, -0.05) is 0 Å². The van der Waals surface area contributed by atoms with Crippen LogP contribution in [0.2, 0.25) is 0 Å². The number of benzene rings is 1. The van der Waals surface area contributed by atoms with E-state index in [1.807, 2.05) is 39.0 Å². The van der Waals surface area contributed by atoms with Gasteiger partial charge < -0.3 is 24.4 Å². The fraction of sp³-hybridized carbons (Fsp3) is 0.611. The van der Waals surface area contributed by atoms with E-state index in [1.54, 1.807) is 19.1 Å². The summed E-state index contributed by atoms with van der Waals surface area (Å²) in [4.78, 5) is 14.0. The largest absolute Gasteiger partial charge is 0.497 e. The van der Waals surface area contributed by atoms with Crippen LogP contribution >= 0.6 is 0 Å². The third-order valence-corrected chi connectivity index (χ3v) is 3.86. The maximum atomic E-state index is 12.3. The number of carbonyl (C=O) groups is 1. The van der Waals surface area contributed by atoms with Crippen molar-refractivity contribution >= 4 is 6.09 Å². The third kappa shape index (κ3) is 5.03. The number of ether oxygens (including phenoxy) is 3. The average molecular weight is 336 g/mol. The number of nitrogens with zero attached hydrogens (tertiary/aromatic N) is 1. The van der Waals surface area contributed by atoms with Gasteiger partial charge >= 0.3 is 6.09 Å². The van der Waals surface area contributed by atoms with E-state index >= 15 is 0 Å². The van der Waals surface area contributed by atoms with Gasteiger partial charge in [0.25, 0.3) is 0 Å². The second-order valence-corrected chi connectivity index (χ2v) is 6.96. The third-order valence-electron chi connectivity index (χ3n) is 3.86. The Hall–Kier alpha value is -1.95. The van der Waals surface area contributed by atoms with Crippen molar-refractivity contribution in [2.75, 3.05) is 33.9 Å². The lowest BCUT2D eigenvalue weighted by Crippen LogP contribution is -2.54. The topological polar surface area (TPSA) is 60.0 Å². The molecule has 1 aromatic carbocycles. The molecule has 1 heterocycles. The molecule has 0 aliphatic carbocycles. The fourth-order valence-corrected chi connectivity index (χ4v) is 2.76. The quantitative estimate of drug-likeness (QED) is 0.915. The van der Waals surface area contributed by atoms with Crippen LogP contribution in [0.15, 0.2) is 18.2 Å². The molecule has 0 radical (unpaired) electrons. The summed E-state index contributed by atoms with van der Waals surface area (Å²) in [6, 6.07) is 5.91. The Morgan fingerprint density at radius 2 is 2.04 bits per heavy atom. The molecule has 1 fully saturated rings. The molecule has 1 saturated heterocycles. The molecular weight excluding hydrogens is 308 g/mol. The van der Waals surface area contributed by atoms with Crippen molar-refractivity contribution in [2.45, 2.75) is 38.8 Å². The van der Waals surface area contributed by atoms with E-state index in [0.717, 1.165) is 30.0 Å². The predicted molar refractivity (Wildman–Crippen MR) is 92.8 cm³/mol. The molecule has 6 heteroatoms. The van der Waals surface area contributed by atoms with Crippen molar-refractivity contribution in [1.82, 2.24) is 10.2 Å². The minimum atomic E-state index is -0.479. The van der Waals surface area contributed by atoms with E-state index in [9.17, 15) is 4.79 Å². The molecule has 1 aliphatic heterocycles. The molecule has 1 aromatic rings. The summed E-state index contributed by atoms with van der Waals surface area (Å²) < 4.78 is 16.2. The highest BCUT2D eigenvalue weighted by Crippen LogP contribution is 2.25. The Kier molecular flexibility index (Phi) is 5.94. The smallest absolute Gasteiger partial charge is 0.410 e. The molecule has 0 aromatic heterocycles. The van der Waals surface area contributed by atoms with Gasteiger partial charge in [0, 0.05) is 25.7 Å². The Morgan fingerprint density at radius 3 is 2.67 bits per heavy atom. The minimum absolute atomic E-state index is 0.146. The lowest BCUT2D eigenvalue weighted by molar-refractivity contribution is 0.0195. The standard InChI is InChI=1S/C18H28N2O4/c1-18(2,3)24-17(21)20-9-8-19-14(12-20)10-13-11-15(22-4)6-7-16(13)23-5/h6-7,11,14,19H,8-10,12H2,1-5H3/t14-/m0/s1. The maximum Gasteiger partial charge on any atom is 0.410 e. The normalized spacial score (nSPS) is 18.2. The Labute approximate surface area is 144 Å². The lowest BCUT2D eigenvalue weighted by Gasteiger charge is -2.35. The predicted octanol–water partition coefficient (Wildman–Crippen LogP) is 2.46. The summed E-state index contributed by atoms with van der Waals surface area (Å²) in [5.74, 6) is 1.62. The lowest BCUT2D eigenvalue weighted by atomic mass is 10.0. The average Bonchev–Trinajstić information content (AvgIpc) is 2.53. The van der Waals surface area contributed by atoms with Crippen molar-refractivity contribution in [2.24, 2.45) is 0 Å². The Balaban J connectivity index is 2.04. The molecule has 1 amide bonds. The highest BCUT2D eigenvalue weighted by molar-refractivity contribution is 5.68. The zero-order chi connectivity index (χ0) is 17.7. The van der Waals surface area contributed by atoms with Gasteiger partial charge in [0.15, 0.2) is 0 Å². The molecule has 0 bridgehead atoms. The highest BCUT2D eigenvalue weighted by Gasteiger charge is 2.27. The van der Waals surface area contributed by atoms with E-state index in [1.165, 1.54) is 0 Å². The van der Waals surface area contributed by atoms with Gasteiger partial charge in [0.05, 0.1) is 14.2 Å². The molecule has 1 atom stereocenters. The molecule has 24 heavy (non-hydrogen) atoms. The van der Waals surface area contributed by atoms with Crippen LogP contribution in [0.3, 0.4) is 0 Å². The van der Waals surface area contributed by atoms with Gasteiger partial charge in [0.1, 0.15) is 17.1 Å².